The van der Waals surface area contributed by atoms with Crippen molar-refractivity contribution in [2.45, 2.75) is 18.4 Å². The molecule has 3 atom stereocenters. The van der Waals surface area contributed by atoms with Gasteiger partial charge in [-0.05, 0) is 47.7 Å². The van der Waals surface area contributed by atoms with Crippen LogP contribution in [-0.4, -0.2) is 24.1 Å². The second-order valence-electron chi connectivity index (χ2n) is 7.40. The summed E-state index contributed by atoms with van der Waals surface area (Å²) in [5.74, 6) is 1.53. The largest absolute Gasteiger partial charge is 0.367 e. The third-order valence-corrected chi connectivity index (χ3v) is 6.47. The maximum Gasteiger partial charge on any atom is 0.126 e. The number of hydrogen-bond donors (Lipinski definition) is 2. The summed E-state index contributed by atoms with van der Waals surface area (Å²) < 4.78 is 0. The van der Waals surface area contributed by atoms with Gasteiger partial charge in [-0.3, -0.25) is 0 Å². The van der Waals surface area contributed by atoms with E-state index in [0.717, 1.165) is 25.3 Å². The lowest BCUT2D eigenvalue weighted by Gasteiger charge is -2.30. The van der Waals surface area contributed by atoms with Crippen molar-refractivity contribution in [1.29, 1.82) is 0 Å². The van der Waals surface area contributed by atoms with Gasteiger partial charge in [-0.15, -0.1) is 0 Å². The van der Waals surface area contributed by atoms with Crippen molar-refractivity contribution in [3.63, 3.8) is 0 Å². The summed E-state index contributed by atoms with van der Waals surface area (Å²) in [6.45, 7) is 1.83. The standard InChI is InChI=1S/C23H22Cl3N3/c24-17-7-9-23(28-12-17)29-22(10-15-4-2-1-3-5-15)19-14-27-13-18(19)16-6-8-20(25)21(26)11-16/h1-9,11-12,18-19,22,27H,10,13-14H2,(H,28,29)/t18?,19?,22-/m0/s1. The van der Waals surface area contributed by atoms with Gasteiger partial charge in [0.15, 0.2) is 0 Å². The first-order valence-corrected chi connectivity index (χ1v) is 10.8. The van der Waals surface area contributed by atoms with Gasteiger partial charge in [0, 0.05) is 31.2 Å². The molecule has 0 aliphatic carbocycles. The highest BCUT2D eigenvalue weighted by Crippen LogP contribution is 2.35. The highest BCUT2D eigenvalue weighted by molar-refractivity contribution is 6.42. The van der Waals surface area contributed by atoms with E-state index in [-0.39, 0.29) is 6.04 Å². The minimum atomic E-state index is 0.195. The van der Waals surface area contributed by atoms with Gasteiger partial charge in [0.2, 0.25) is 0 Å². The van der Waals surface area contributed by atoms with Gasteiger partial charge < -0.3 is 10.6 Å². The van der Waals surface area contributed by atoms with Crippen LogP contribution in [0.4, 0.5) is 5.82 Å². The zero-order valence-electron chi connectivity index (χ0n) is 15.8. The molecular formula is C23H22Cl3N3. The minimum Gasteiger partial charge on any atom is -0.367 e. The Labute approximate surface area is 186 Å². The Balaban J connectivity index is 1.62. The van der Waals surface area contributed by atoms with Crippen molar-refractivity contribution in [1.82, 2.24) is 10.3 Å². The molecule has 2 N–H and O–H groups in total. The van der Waals surface area contributed by atoms with E-state index < -0.39 is 0 Å². The van der Waals surface area contributed by atoms with E-state index in [0.29, 0.717) is 26.9 Å². The van der Waals surface area contributed by atoms with E-state index in [4.69, 9.17) is 34.8 Å². The van der Waals surface area contributed by atoms with Crippen LogP contribution in [0.5, 0.6) is 0 Å². The molecule has 2 aromatic carbocycles. The molecule has 1 aliphatic rings. The van der Waals surface area contributed by atoms with E-state index in [2.05, 4.69) is 45.9 Å². The van der Waals surface area contributed by atoms with Crippen LogP contribution in [0.15, 0.2) is 66.9 Å². The molecule has 0 amide bonds. The van der Waals surface area contributed by atoms with Gasteiger partial charge in [0.1, 0.15) is 5.82 Å². The maximum atomic E-state index is 6.30. The summed E-state index contributed by atoms with van der Waals surface area (Å²) in [6.07, 6.45) is 2.57. The van der Waals surface area contributed by atoms with Crippen molar-refractivity contribution < 1.29 is 0 Å². The topological polar surface area (TPSA) is 37.0 Å². The molecule has 2 heterocycles. The van der Waals surface area contributed by atoms with E-state index in [1.54, 1.807) is 6.20 Å². The molecule has 0 spiro atoms. The zero-order chi connectivity index (χ0) is 20.2. The van der Waals surface area contributed by atoms with E-state index in [1.165, 1.54) is 11.1 Å². The van der Waals surface area contributed by atoms with Crippen LogP contribution in [0.1, 0.15) is 17.0 Å². The van der Waals surface area contributed by atoms with Gasteiger partial charge >= 0.3 is 0 Å². The smallest absolute Gasteiger partial charge is 0.126 e. The number of benzene rings is 2. The number of nitrogens with zero attached hydrogens (tertiary/aromatic N) is 1. The van der Waals surface area contributed by atoms with Crippen molar-refractivity contribution in [2.24, 2.45) is 5.92 Å². The third-order valence-electron chi connectivity index (χ3n) is 5.51. The van der Waals surface area contributed by atoms with Crippen molar-refractivity contribution in [3.8, 4) is 0 Å². The normalized spacial score (nSPS) is 19.8. The predicted octanol–water partition coefficient (Wildman–Crippen LogP) is 6.07. The first-order chi connectivity index (χ1) is 14.1. The molecule has 0 saturated carbocycles. The molecule has 29 heavy (non-hydrogen) atoms. The number of aromatic nitrogens is 1. The molecule has 3 aromatic rings. The van der Waals surface area contributed by atoms with Crippen LogP contribution in [0.3, 0.4) is 0 Å². The molecule has 0 bridgehead atoms. The van der Waals surface area contributed by atoms with Crippen molar-refractivity contribution in [3.05, 3.63) is 93.1 Å². The van der Waals surface area contributed by atoms with Gasteiger partial charge in [-0.1, -0.05) is 71.2 Å². The maximum absolute atomic E-state index is 6.30. The first-order valence-electron chi connectivity index (χ1n) is 9.68. The average molecular weight is 447 g/mol. The number of nitrogens with one attached hydrogen (secondary N) is 2. The van der Waals surface area contributed by atoms with Crippen LogP contribution in [0.25, 0.3) is 0 Å². The highest BCUT2D eigenvalue weighted by atomic mass is 35.5. The van der Waals surface area contributed by atoms with E-state index >= 15 is 0 Å². The first kappa shape index (κ1) is 20.5. The molecule has 1 fully saturated rings. The van der Waals surface area contributed by atoms with Crippen LogP contribution >= 0.6 is 34.8 Å². The molecule has 6 heteroatoms. The fraction of sp³-hybridized carbons (Fsp3) is 0.261. The molecule has 1 aromatic heterocycles. The molecule has 3 nitrogen and oxygen atoms in total. The summed E-state index contributed by atoms with van der Waals surface area (Å²) in [5, 5.41) is 9.03. The average Bonchev–Trinajstić information content (AvgIpc) is 3.22. The Morgan fingerprint density at radius 3 is 2.52 bits per heavy atom. The van der Waals surface area contributed by atoms with Crippen molar-refractivity contribution in [2.75, 3.05) is 18.4 Å². The minimum absolute atomic E-state index is 0.195. The second kappa shape index (κ2) is 9.36. The lowest BCUT2D eigenvalue weighted by atomic mass is 9.81. The zero-order valence-corrected chi connectivity index (χ0v) is 18.1. The van der Waals surface area contributed by atoms with Gasteiger partial charge in [-0.25, -0.2) is 4.98 Å². The lowest BCUT2D eigenvalue weighted by Crippen LogP contribution is -2.35. The SMILES string of the molecule is Clc1ccc(N[C@@H](Cc2ccccc2)C2CNCC2c2ccc(Cl)c(Cl)c2)nc1. The van der Waals surface area contributed by atoms with Crippen LogP contribution in [0, 0.1) is 5.92 Å². The van der Waals surface area contributed by atoms with Gasteiger partial charge in [-0.2, -0.15) is 0 Å². The fourth-order valence-electron chi connectivity index (χ4n) is 4.06. The van der Waals surface area contributed by atoms with Crippen LogP contribution < -0.4 is 10.6 Å². The summed E-state index contributed by atoms with van der Waals surface area (Å²) in [4.78, 5) is 4.45. The number of halogens is 3. The van der Waals surface area contributed by atoms with Crippen LogP contribution in [-0.2, 0) is 6.42 Å². The Hall–Kier alpha value is -1.78. The Bertz CT molecular complexity index is 947. The number of hydrogen-bond acceptors (Lipinski definition) is 3. The second-order valence-corrected chi connectivity index (χ2v) is 8.66. The van der Waals surface area contributed by atoms with Gasteiger partial charge in [0.05, 0.1) is 15.1 Å². The highest BCUT2D eigenvalue weighted by Gasteiger charge is 2.35. The third kappa shape index (κ3) is 5.04. The summed E-state index contributed by atoms with van der Waals surface area (Å²) >= 11 is 18.5. The lowest BCUT2D eigenvalue weighted by molar-refractivity contribution is 0.434. The number of anilines is 1. The quantitative estimate of drug-likeness (QED) is 0.482. The van der Waals surface area contributed by atoms with Crippen molar-refractivity contribution >= 4 is 40.6 Å². The molecule has 4 rings (SSSR count). The monoisotopic (exact) mass is 445 g/mol. The molecular weight excluding hydrogens is 425 g/mol. The summed E-state index contributed by atoms with van der Waals surface area (Å²) in [5.41, 5.74) is 2.50. The molecule has 0 radical (unpaired) electrons. The van der Waals surface area contributed by atoms with Gasteiger partial charge in [0.25, 0.3) is 0 Å². The summed E-state index contributed by atoms with van der Waals surface area (Å²) in [7, 11) is 0. The molecule has 2 unspecified atom stereocenters. The molecule has 150 valence electrons. The Morgan fingerprint density at radius 1 is 0.966 bits per heavy atom. The predicted molar refractivity (Wildman–Crippen MR) is 122 cm³/mol. The number of pyridine rings is 1. The van der Waals surface area contributed by atoms with E-state index in [9.17, 15) is 0 Å². The molecule has 1 aliphatic heterocycles. The molecule has 1 saturated heterocycles. The summed E-state index contributed by atoms with van der Waals surface area (Å²) in [6, 6.07) is 20.5. The van der Waals surface area contributed by atoms with E-state index in [1.807, 2.05) is 30.3 Å². The Kier molecular flexibility index (Phi) is 6.61. The Morgan fingerprint density at radius 2 is 1.79 bits per heavy atom. The fourth-order valence-corrected chi connectivity index (χ4v) is 4.48. The van der Waals surface area contributed by atoms with Crippen LogP contribution in [0.2, 0.25) is 15.1 Å². The number of rotatable bonds is 6.